The summed E-state index contributed by atoms with van der Waals surface area (Å²) in [7, 11) is -9.35. The minimum atomic E-state index is -4.95. The molecule has 11 heavy (non-hydrogen) atoms. The highest BCUT2D eigenvalue weighted by molar-refractivity contribution is 7.61. The summed E-state index contributed by atoms with van der Waals surface area (Å²) in [5.41, 5.74) is 0. The van der Waals surface area contributed by atoms with Gasteiger partial charge in [0.05, 0.1) is 0 Å². The van der Waals surface area contributed by atoms with Gasteiger partial charge < -0.3 is 9.79 Å². The van der Waals surface area contributed by atoms with Crippen LogP contribution in [0.1, 0.15) is 0 Å². The molecule has 1 heterocycles. The van der Waals surface area contributed by atoms with E-state index in [-0.39, 0.29) is 0 Å². The van der Waals surface area contributed by atoms with Crippen LogP contribution >= 0.6 is 15.6 Å². The lowest BCUT2D eigenvalue weighted by Gasteiger charge is -2.04. The van der Waals surface area contributed by atoms with E-state index in [0.29, 0.717) is 0 Å². The van der Waals surface area contributed by atoms with Crippen molar-refractivity contribution in [1.29, 1.82) is 0 Å². The molecule has 1 fully saturated rings. The molecular formula is H2O9P2. The van der Waals surface area contributed by atoms with E-state index >= 15 is 0 Å². The molecule has 0 aliphatic carbocycles. The van der Waals surface area contributed by atoms with Gasteiger partial charge in [-0.05, 0) is 10.1 Å². The minimum Gasteiger partial charge on any atom is -0.302 e. The standard InChI is InChI=1S/H2O9P2/c1-10(2,3)9-11(4)7-5-6-8-11/h(H2,1,2,3). The van der Waals surface area contributed by atoms with Gasteiger partial charge in [0.1, 0.15) is 0 Å². The molecule has 0 spiro atoms. The first kappa shape index (κ1) is 9.27. The molecule has 0 unspecified atom stereocenters. The van der Waals surface area contributed by atoms with Crippen LogP contribution in [0.3, 0.4) is 0 Å². The van der Waals surface area contributed by atoms with E-state index in [2.05, 4.69) is 23.7 Å². The van der Waals surface area contributed by atoms with Crippen molar-refractivity contribution >= 4 is 15.6 Å². The highest BCUT2D eigenvalue weighted by Crippen LogP contribution is 2.63. The summed E-state index contributed by atoms with van der Waals surface area (Å²) in [5.74, 6) is 0. The quantitative estimate of drug-likeness (QED) is 0.477. The molecular weight excluding hydrogens is 206 g/mol. The topological polar surface area (TPSA) is 121 Å². The van der Waals surface area contributed by atoms with Crippen molar-refractivity contribution in [3.63, 3.8) is 0 Å². The van der Waals surface area contributed by atoms with Crippen LogP contribution in [0.5, 0.6) is 0 Å². The van der Waals surface area contributed by atoms with Crippen molar-refractivity contribution in [2.24, 2.45) is 0 Å². The summed E-state index contributed by atoms with van der Waals surface area (Å²) in [6.45, 7) is 0. The Bertz CT molecular complexity index is 212. The number of phosphoric acid groups is 2. The van der Waals surface area contributed by atoms with E-state index in [0.717, 1.165) is 0 Å². The summed E-state index contributed by atoms with van der Waals surface area (Å²) in [5, 5.41) is 6.90. The van der Waals surface area contributed by atoms with Crippen LogP contribution in [-0.2, 0) is 32.9 Å². The van der Waals surface area contributed by atoms with Crippen LogP contribution in [0, 0.1) is 0 Å². The van der Waals surface area contributed by atoms with Crippen LogP contribution < -0.4 is 0 Å². The summed E-state index contributed by atoms with van der Waals surface area (Å²) in [6.07, 6.45) is 0. The maximum atomic E-state index is 10.6. The van der Waals surface area contributed by atoms with Crippen molar-refractivity contribution < 1.29 is 42.7 Å². The van der Waals surface area contributed by atoms with Gasteiger partial charge in [0.15, 0.2) is 0 Å². The summed E-state index contributed by atoms with van der Waals surface area (Å²) >= 11 is 0. The fourth-order valence-electron chi connectivity index (χ4n) is 0.269. The van der Waals surface area contributed by atoms with E-state index in [9.17, 15) is 9.13 Å². The second kappa shape index (κ2) is 2.91. The molecule has 0 atom stereocenters. The molecule has 0 aromatic rings. The Labute approximate surface area is 59.4 Å². The Morgan fingerprint density at radius 1 is 1.27 bits per heavy atom. The number of hydrogen-bond acceptors (Lipinski definition) is 7. The second-order valence-electron chi connectivity index (χ2n) is 1.30. The third kappa shape index (κ3) is 2.96. The molecule has 66 valence electrons. The van der Waals surface area contributed by atoms with Crippen molar-refractivity contribution in [3.05, 3.63) is 0 Å². The van der Waals surface area contributed by atoms with Gasteiger partial charge in [0.25, 0.3) is 0 Å². The number of hydrogen-bond donors (Lipinski definition) is 2. The van der Waals surface area contributed by atoms with Crippen molar-refractivity contribution in [2.75, 3.05) is 0 Å². The van der Waals surface area contributed by atoms with Crippen LogP contribution in [0.25, 0.3) is 0 Å². The van der Waals surface area contributed by atoms with Crippen LogP contribution in [0.4, 0.5) is 0 Å². The molecule has 0 aromatic heterocycles. The Kier molecular flexibility index (Phi) is 2.45. The van der Waals surface area contributed by atoms with E-state index in [1.54, 1.807) is 0 Å². The molecule has 1 rings (SSSR count). The maximum Gasteiger partial charge on any atom is 0.542 e. The zero-order valence-electron chi connectivity index (χ0n) is 4.65. The Morgan fingerprint density at radius 3 is 2.09 bits per heavy atom. The third-order valence-corrected chi connectivity index (χ3v) is 2.62. The molecule has 0 amide bonds. The molecule has 1 aliphatic rings. The Balaban J connectivity index is 2.61. The first-order valence-corrected chi connectivity index (χ1v) is 4.99. The van der Waals surface area contributed by atoms with Gasteiger partial charge in [-0.1, -0.05) is 9.35 Å². The highest BCUT2D eigenvalue weighted by Gasteiger charge is 2.44. The van der Waals surface area contributed by atoms with E-state index in [4.69, 9.17) is 9.79 Å². The van der Waals surface area contributed by atoms with E-state index < -0.39 is 15.6 Å². The molecule has 9 nitrogen and oxygen atoms in total. The first-order valence-electron chi connectivity index (χ1n) is 2.00. The molecule has 1 aliphatic heterocycles. The zero-order chi connectivity index (χ0) is 8.54. The van der Waals surface area contributed by atoms with Gasteiger partial charge in [0, 0.05) is 0 Å². The van der Waals surface area contributed by atoms with Crippen molar-refractivity contribution in [2.45, 2.75) is 0 Å². The Hall–Kier alpha value is 0.180. The Morgan fingerprint density at radius 2 is 1.73 bits per heavy atom. The number of rotatable bonds is 2. The lowest BCUT2D eigenvalue weighted by atomic mass is 14.4. The lowest BCUT2D eigenvalue weighted by molar-refractivity contribution is -0.532. The fourth-order valence-corrected chi connectivity index (χ4v) is 1.75. The molecule has 0 radical (unpaired) electrons. The molecule has 0 saturated carbocycles. The molecule has 0 aromatic carbocycles. The first-order chi connectivity index (χ1) is 4.91. The van der Waals surface area contributed by atoms with Crippen molar-refractivity contribution in [1.82, 2.24) is 0 Å². The predicted octanol–water partition coefficient (Wildman–Crippen LogP) is 0.0288. The minimum absolute atomic E-state index is 3.45. The monoisotopic (exact) mass is 208 g/mol. The highest BCUT2D eigenvalue weighted by atomic mass is 31.3. The largest absolute Gasteiger partial charge is 0.542 e. The van der Waals surface area contributed by atoms with Crippen LogP contribution in [0.15, 0.2) is 0 Å². The fraction of sp³-hybridized carbons (Fsp3) is 0. The predicted molar refractivity (Wildman–Crippen MR) is 25.1 cm³/mol. The zero-order valence-corrected chi connectivity index (χ0v) is 6.44. The van der Waals surface area contributed by atoms with E-state index in [1.165, 1.54) is 0 Å². The van der Waals surface area contributed by atoms with Crippen molar-refractivity contribution in [3.8, 4) is 0 Å². The third-order valence-electron chi connectivity index (χ3n) is 0.478. The van der Waals surface area contributed by atoms with Gasteiger partial charge in [-0.2, -0.15) is 4.31 Å². The van der Waals surface area contributed by atoms with Crippen LogP contribution in [-0.4, -0.2) is 9.79 Å². The summed E-state index contributed by atoms with van der Waals surface area (Å²) < 4.78 is 31.4. The van der Waals surface area contributed by atoms with Gasteiger partial charge in [0.2, 0.25) is 0 Å². The summed E-state index contributed by atoms with van der Waals surface area (Å²) in [6, 6.07) is 0. The van der Waals surface area contributed by atoms with E-state index in [1.807, 2.05) is 0 Å². The second-order valence-corrected chi connectivity index (χ2v) is 4.13. The van der Waals surface area contributed by atoms with Crippen LogP contribution in [0.2, 0.25) is 0 Å². The molecule has 2 N–H and O–H groups in total. The van der Waals surface area contributed by atoms with Gasteiger partial charge >= 0.3 is 15.6 Å². The SMILES string of the molecule is O=P(O)(O)OP1(=O)OOOO1. The average molecular weight is 208 g/mol. The smallest absolute Gasteiger partial charge is 0.302 e. The maximum absolute atomic E-state index is 10.6. The van der Waals surface area contributed by atoms with Gasteiger partial charge in [-0.25, -0.2) is 9.13 Å². The van der Waals surface area contributed by atoms with Gasteiger partial charge in [-0.3, -0.25) is 0 Å². The lowest BCUT2D eigenvalue weighted by Crippen LogP contribution is -1.87. The normalized spacial score (nSPS) is 23.8. The summed E-state index contributed by atoms with van der Waals surface area (Å²) in [4.78, 5) is 16.2. The molecule has 11 heteroatoms. The average Bonchev–Trinajstić information content (AvgIpc) is 2.09. The molecule has 0 bridgehead atoms. The molecule has 1 saturated heterocycles. The van der Waals surface area contributed by atoms with Gasteiger partial charge in [-0.15, -0.1) is 0 Å².